The molecule has 2 aromatic carbocycles. The zero-order chi connectivity index (χ0) is 19.7. The Morgan fingerprint density at radius 2 is 1.89 bits per heavy atom. The summed E-state index contributed by atoms with van der Waals surface area (Å²) in [4.78, 5) is 19.4. The molecule has 0 spiro atoms. The Balaban J connectivity index is 1.64. The van der Waals surface area contributed by atoms with Gasteiger partial charge in [0.1, 0.15) is 5.65 Å². The number of benzene rings is 2. The molecule has 140 valence electrons. The lowest BCUT2D eigenvalue weighted by molar-refractivity contribution is 0.102. The van der Waals surface area contributed by atoms with E-state index >= 15 is 0 Å². The number of hydrogen-bond donors (Lipinski definition) is 1. The van der Waals surface area contributed by atoms with Gasteiger partial charge < -0.3 is 14.6 Å². The number of imidazole rings is 1. The Labute approximate surface area is 164 Å². The normalized spacial score (nSPS) is 10.8. The maximum atomic E-state index is 12.8. The molecule has 0 unspecified atom stereocenters. The van der Waals surface area contributed by atoms with Crippen LogP contribution in [-0.4, -0.2) is 29.4 Å². The molecule has 0 aliphatic rings. The van der Waals surface area contributed by atoms with Gasteiger partial charge in [-0.15, -0.1) is 0 Å². The van der Waals surface area contributed by atoms with Gasteiger partial charge in [0.05, 0.1) is 5.69 Å². The van der Waals surface area contributed by atoms with Crippen molar-refractivity contribution in [3.63, 3.8) is 0 Å². The molecule has 5 heteroatoms. The largest absolute Gasteiger partial charge is 0.378 e. The minimum absolute atomic E-state index is 0.126. The minimum Gasteiger partial charge on any atom is -0.378 e. The number of fused-ring (bicyclic) bond motifs is 1. The van der Waals surface area contributed by atoms with Crippen LogP contribution in [-0.2, 0) is 0 Å². The van der Waals surface area contributed by atoms with Crippen molar-refractivity contribution in [3.05, 3.63) is 84.2 Å². The fourth-order valence-electron chi connectivity index (χ4n) is 3.11. The number of nitrogens with zero attached hydrogens (tertiary/aromatic N) is 3. The van der Waals surface area contributed by atoms with Crippen molar-refractivity contribution in [1.82, 2.24) is 9.38 Å². The van der Waals surface area contributed by atoms with E-state index in [1.54, 1.807) is 0 Å². The Hall–Kier alpha value is -3.60. The predicted octanol–water partition coefficient (Wildman–Crippen LogP) is 4.63. The van der Waals surface area contributed by atoms with Crippen molar-refractivity contribution >= 4 is 22.9 Å². The molecule has 0 aliphatic heterocycles. The first-order valence-electron chi connectivity index (χ1n) is 9.15. The molecule has 2 heterocycles. The van der Waals surface area contributed by atoms with Crippen LogP contribution in [0.25, 0.3) is 16.9 Å². The molecular formula is C23H22N4O. The van der Waals surface area contributed by atoms with Crippen LogP contribution < -0.4 is 10.2 Å². The Morgan fingerprint density at radius 1 is 1.04 bits per heavy atom. The number of aromatic nitrogens is 2. The second-order valence-electron chi connectivity index (χ2n) is 7.02. The highest BCUT2D eigenvalue weighted by molar-refractivity contribution is 6.05. The van der Waals surface area contributed by atoms with Gasteiger partial charge in [0.25, 0.3) is 5.91 Å². The maximum absolute atomic E-state index is 12.8. The van der Waals surface area contributed by atoms with Gasteiger partial charge in [0.2, 0.25) is 0 Å². The molecule has 0 radical (unpaired) electrons. The molecular weight excluding hydrogens is 348 g/mol. The van der Waals surface area contributed by atoms with Crippen LogP contribution in [0.4, 0.5) is 11.4 Å². The van der Waals surface area contributed by atoms with Crippen LogP contribution in [0.1, 0.15) is 15.9 Å². The van der Waals surface area contributed by atoms with E-state index in [4.69, 9.17) is 0 Å². The molecule has 0 atom stereocenters. The number of amides is 1. The second kappa shape index (κ2) is 7.19. The van der Waals surface area contributed by atoms with Gasteiger partial charge in [-0.2, -0.15) is 0 Å². The molecule has 0 bridgehead atoms. The number of carbonyl (C=O) groups excluding carboxylic acids is 1. The van der Waals surface area contributed by atoms with Crippen LogP contribution in [0.2, 0.25) is 0 Å². The van der Waals surface area contributed by atoms with Gasteiger partial charge >= 0.3 is 0 Å². The molecule has 1 amide bonds. The van der Waals surface area contributed by atoms with Crippen LogP contribution >= 0.6 is 0 Å². The number of hydrogen-bond acceptors (Lipinski definition) is 3. The van der Waals surface area contributed by atoms with Gasteiger partial charge in [0, 0.05) is 49.0 Å². The Morgan fingerprint density at radius 3 is 2.68 bits per heavy atom. The van der Waals surface area contributed by atoms with E-state index in [-0.39, 0.29) is 5.91 Å². The summed E-state index contributed by atoms with van der Waals surface area (Å²) in [6.45, 7) is 1.99. The summed E-state index contributed by atoms with van der Waals surface area (Å²) in [6.07, 6.45) is 3.96. The van der Waals surface area contributed by atoms with E-state index in [9.17, 15) is 4.79 Å². The summed E-state index contributed by atoms with van der Waals surface area (Å²) < 4.78 is 1.99. The molecule has 5 nitrogen and oxygen atoms in total. The fourth-order valence-corrected chi connectivity index (χ4v) is 3.11. The topological polar surface area (TPSA) is 49.6 Å². The average Bonchev–Trinajstić information content (AvgIpc) is 3.14. The highest BCUT2D eigenvalue weighted by atomic mass is 16.1. The van der Waals surface area contributed by atoms with E-state index in [0.29, 0.717) is 5.56 Å². The standard InChI is InChI=1S/C23H22N4O/c1-16-10-11-17(21-15-27-12-5-4-9-22(27)24-21)14-20(16)25-23(28)18-7-6-8-19(13-18)26(2)3/h4-15H,1-3H3,(H,25,28). The number of nitrogens with one attached hydrogen (secondary N) is 1. The summed E-state index contributed by atoms with van der Waals surface area (Å²) in [7, 11) is 3.92. The molecule has 28 heavy (non-hydrogen) atoms. The van der Waals surface area contributed by atoms with E-state index in [1.807, 2.05) is 103 Å². The monoisotopic (exact) mass is 370 g/mol. The third-order valence-corrected chi connectivity index (χ3v) is 4.77. The molecule has 1 N–H and O–H groups in total. The van der Waals surface area contributed by atoms with Crippen LogP contribution in [0.5, 0.6) is 0 Å². The molecule has 0 fully saturated rings. The predicted molar refractivity (Wildman–Crippen MR) is 114 cm³/mol. The first kappa shape index (κ1) is 17.8. The molecule has 4 rings (SSSR count). The second-order valence-corrected chi connectivity index (χ2v) is 7.02. The zero-order valence-corrected chi connectivity index (χ0v) is 16.2. The van der Waals surface area contributed by atoms with Crippen molar-refractivity contribution in [2.75, 3.05) is 24.3 Å². The lowest BCUT2D eigenvalue weighted by Crippen LogP contribution is -2.14. The minimum atomic E-state index is -0.126. The summed E-state index contributed by atoms with van der Waals surface area (Å²) in [5.41, 5.74) is 6.14. The summed E-state index contributed by atoms with van der Waals surface area (Å²) >= 11 is 0. The van der Waals surface area contributed by atoms with Crippen LogP contribution in [0, 0.1) is 6.92 Å². The van der Waals surface area contributed by atoms with Gasteiger partial charge in [-0.3, -0.25) is 4.79 Å². The van der Waals surface area contributed by atoms with E-state index in [1.165, 1.54) is 0 Å². The zero-order valence-electron chi connectivity index (χ0n) is 16.2. The highest BCUT2D eigenvalue weighted by Gasteiger charge is 2.11. The fraction of sp³-hybridized carbons (Fsp3) is 0.130. The first-order valence-corrected chi connectivity index (χ1v) is 9.15. The quantitative estimate of drug-likeness (QED) is 0.570. The van der Waals surface area contributed by atoms with Crippen molar-refractivity contribution in [3.8, 4) is 11.3 Å². The summed E-state index contributed by atoms with van der Waals surface area (Å²) in [5, 5.41) is 3.04. The number of pyridine rings is 1. The Kier molecular flexibility index (Phi) is 4.57. The van der Waals surface area contributed by atoms with Gasteiger partial charge in [-0.25, -0.2) is 4.98 Å². The van der Waals surface area contributed by atoms with Crippen LogP contribution in [0.3, 0.4) is 0 Å². The van der Waals surface area contributed by atoms with Crippen molar-refractivity contribution in [2.45, 2.75) is 6.92 Å². The lowest BCUT2D eigenvalue weighted by atomic mass is 10.1. The molecule has 0 saturated carbocycles. The molecule has 2 aromatic heterocycles. The first-order chi connectivity index (χ1) is 13.5. The smallest absolute Gasteiger partial charge is 0.255 e. The number of carbonyl (C=O) groups is 1. The van der Waals surface area contributed by atoms with E-state index in [0.717, 1.165) is 33.8 Å². The van der Waals surface area contributed by atoms with Gasteiger partial charge in [-0.05, 0) is 48.9 Å². The van der Waals surface area contributed by atoms with Crippen molar-refractivity contribution < 1.29 is 4.79 Å². The molecule has 0 saturated heterocycles. The number of aryl methyl sites for hydroxylation is 1. The number of anilines is 2. The Bertz CT molecular complexity index is 1130. The maximum Gasteiger partial charge on any atom is 0.255 e. The number of rotatable bonds is 4. The van der Waals surface area contributed by atoms with Crippen molar-refractivity contribution in [1.29, 1.82) is 0 Å². The third-order valence-electron chi connectivity index (χ3n) is 4.77. The average molecular weight is 370 g/mol. The molecule has 4 aromatic rings. The SMILES string of the molecule is Cc1ccc(-c2cn3ccccc3n2)cc1NC(=O)c1cccc(N(C)C)c1. The van der Waals surface area contributed by atoms with E-state index < -0.39 is 0 Å². The summed E-state index contributed by atoms with van der Waals surface area (Å²) in [5.74, 6) is -0.126. The van der Waals surface area contributed by atoms with Gasteiger partial charge in [0.15, 0.2) is 0 Å². The highest BCUT2D eigenvalue weighted by Crippen LogP contribution is 2.26. The lowest BCUT2D eigenvalue weighted by Gasteiger charge is -2.14. The summed E-state index contributed by atoms with van der Waals surface area (Å²) in [6, 6.07) is 19.5. The van der Waals surface area contributed by atoms with E-state index in [2.05, 4.69) is 10.3 Å². The van der Waals surface area contributed by atoms with Gasteiger partial charge in [-0.1, -0.05) is 24.3 Å². The third kappa shape index (κ3) is 3.47. The van der Waals surface area contributed by atoms with Crippen LogP contribution in [0.15, 0.2) is 73.1 Å². The van der Waals surface area contributed by atoms with Crippen molar-refractivity contribution in [2.24, 2.45) is 0 Å². The molecule has 0 aliphatic carbocycles.